The summed E-state index contributed by atoms with van der Waals surface area (Å²) in [5.74, 6) is 1.27. The Balaban J connectivity index is 2.19. The van der Waals surface area contributed by atoms with E-state index in [0.717, 1.165) is 21.6 Å². The lowest BCUT2D eigenvalue weighted by molar-refractivity contribution is 0.599. The third-order valence-electron chi connectivity index (χ3n) is 2.41. The number of anilines is 3. The first-order chi connectivity index (χ1) is 9.60. The van der Waals surface area contributed by atoms with Gasteiger partial charge in [-0.1, -0.05) is 17.0 Å². The minimum Gasteiger partial charge on any atom is -0.440 e. The quantitative estimate of drug-likeness (QED) is 0.527. The fourth-order valence-corrected chi connectivity index (χ4v) is 2.34. The van der Waals surface area contributed by atoms with Gasteiger partial charge >= 0.3 is 0 Å². The maximum absolute atomic E-state index is 11.0. The number of rotatable bonds is 5. The van der Waals surface area contributed by atoms with Gasteiger partial charge < -0.3 is 19.6 Å². The largest absolute Gasteiger partial charge is 0.440 e. The average Bonchev–Trinajstić information content (AvgIpc) is 2.43. The van der Waals surface area contributed by atoms with Crippen LogP contribution >= 0.6 is 22.6 Å². The molecule has 1 aromatic heterocycles. The number of hydrogen-bond acceptors (Lipinski definition) is 7. The fraction of sp³-hybridized carbons (Fsp3) is 0.167. The van der Waals surface area contributed by atoms with Crippen molar-refractivity contribution in [3.05, 3.63) is 34.0 Å². The molecule has 0 aliphatic heterocycles. The molecule has 1 heterocycles. The zero-order valence-electron chi connectivity index (χ0n) is 10.7. The number of nitrogens with zero attached hydrogens (tertiary/aromatic N) is 2. The topological polar surface area (TPSA) is 90.8 Å². The molecule has 0 amide bonds. The number of benzene rings is 1. The van der Waals surface area contributed by atoms with E-state index < -0.39 is 10.6 Å². The van der Waals surface area contributed by atoms with Crippen LogP contribution in [-0.4, -0.2) is 16.5 Å². The third kappa shape index (κ3) is 3.79. The zero-order chi connectivity index (χ0) is 14.5. The SMILES string of the molecule is CCNc1nc(Nc2ccc([S-](=N)=O)cc2)ncc1I. The Labute approximate surface area is 132 Å². The van der Waals surface area contributed by atoms with Gasteiger partial charge in [-0.25, -0.2) is 4.98 Å². The Hall–Kier alpha value is -1.42. The van der Waals surface area contributed by atoms with Gasteiger partial charge in [0.05, 0.1) is 3.57 Å². The summed E-state index contributed by atoms with van der Waals surface area (Å²) in [6.45, 7) is 2.79. The highest BCUT2D eigenvalue weighted by molar-refractivity contribution is 14.1. The molecule has 20 heavy (non-hydrogen) atoms. The van der Waals surface area contributed by atoms with Gasteiger partial charge in [0, 0.05) is 18.4 Å². The summed E-state index contributed by atoms with van der Waals surface area (Å²) in [6, 6.07) is 6.78. The highest BCUT2D eigenvalue weighted by Crippen LogP contribution is 2.19. The highest BCUT2D eigenvalue weighted by atomic mass is 127. The lowest BCUT2D eigenvalue weighted by Gasteiger charge is -2.09. The maximum atomic E-state index is 11.0. The van der Waals surface area contributed by atoms with Crippen LogP contribution in [0.4, 0.5) is 17.5 Å². The Morgan fingerprint density at radius 1 is 1.35 bits per heavy atom. The Morgan fingerprint density at radius 2 is 2.05 bits per heavy atom. The van der Waals surface area contributed by atoms with E-state index in [9.17, 15) is 4.21 Å². The van der Waals surface area contributed by atoms with Gasteiger partial charge in [0.25, 0.3) is 0 Å². The molecular formula is C12H13IN5OS-. The Bertz CT molecular complexity index is 664. The van der Waals surface area contributed by atoms with Crippen molar-refractivity contribution in [2.45, 2.75) is 11.8 Å². The van der Waals surface area contributed by atoms with E-state index in [0.29, 0.717) is 10.8 Å². The normalized spacial score (nSPS) is 10.6. The molecule has 0 radical (unpaired) electrons. The van der Waals surface area contributed by atoms with Crippen LogP contribution in [0.5, 0.6) is 0 Å². The second-order valence-electron chi connectivity index (χ2n) is 3.84. The molecule has 0 spiro atoms. The molecule has 2 rings (SSSR count). The molecule has 0 unspecified atom stereocenters. The first kappa shape index (κ1) is 15.0. The second kappa shape index (κ2) is 6.84. The van der Waals surface area contributed by atoms with Crippen molar-refractivity contribution in [2.75, 3.05) is 17.2 Å². The molecule has 106 valence electrons. The van der Waals surface area contributed by atoms with Crippen LogP contribution in [-0.2, 0) is 14.8 Å². The van der Waals surface area contributed by atoms with Crippen molar-refractivity contribution in [2.24, 2.45) is 0 Å². The second-order valence-corrected chi connectivity index (χ2v) is 6.01. The molecule has 0 aliphatic rings. The predicted molar refractivity (Wildman–Crippen MR) is 87.7 cm³/mol. The van der Waals surface area contributed by atoms with Gasteiger partial charge in [0.2, 0.25) is 5.95 Å². The van der Waals surface area contributed by atoms with Gasteiger partial charge in [0.1, 0.15) is 5.82 Å². The van der Waals surface area contributed by atoms with Crippen LogP contribution in [0.2, 0.25) is 0 Å². The third-order valence-corrected chi connectivity index (χ3v) is 3.90. The van der Waals surface area contributed by atoms with E-state index in [1.54, 1.807) is 30.5 Å². The number of aromatic nitrogens is 2. The minimum absolute atomic E-state index is 0.465. The van der Waals surface area contributed by atoms with Crippen LogP contribution in [0.25, 0.3) is 0 Å². The van der Waals surface area contributed by atoms with Gasteiger partial charge in [-0.2, -0.15) is 15.6 Å². The van der Waals surface area contributed by atoms with E-state index in [2.05, 4.69) is 43.2 Å². The van der Waals surface area contributed by atoms with Crippen molar-refractivity contribution in [1.82, 2.24) is 9.97 Å². The van der Waals surface area contributed by atoms with Gasteiger partial charge in [0.15, 0.2) is 0 Å². The van der Waals surface area contributed by atoms with Crippen molar-refractivity contribution >= 4 is 50.6 Å². The molecule has 0 saturated carbocycles. The van der Waals surface area contributed by atoms with E-state index >= 15 is 0 Å². The van der Waals surface area contributed by atoms with Crippen LogP contribution in [0, 0.1) is 8.35 Å². The summed E-state index contributed by atoms with van der Waals surface area (Å²) < 4.78 is 19.1. The smallest absolute Gasteiger partial charge is 0.229 e. The highest BCUT2D eigenvalue weighted by Gasteiger charge is 2.04. The lowest BCUT2D eigenvalue weighted by Crippen LogP contribution is -2.05. The molecule has 2 aromatic rings. The maximum Gasteiger partial charge on any atom is 0.229 e. The zero-order valence-corrected chi connectivity index (χ0v) is 13.7. The molecule has 0 fully saturated rings. The minimum atomic E-state index is -1.71. The van der Waals surface area contributed by atoms with Crippen molar-refractivity contribution in [3.8, 4) is 0 Å². The molecule has 1 aromatic carbocycles. The van der Waals surface area contributed by atoms with E-state index in [1.165, 1.54) is 0 Å². The van der Waals surface area contributed by atoms with Crippen LogP contribution in [0.3, 0.4) is 0 Å². The summed E-state index contributed by atoms with van der Waals surface area (Å²) >= 11 is 2.17. The van der Waals surface area contributed by atoms with Crippen molar-refractivity contribution in [3.63, 3.8) is 0 Å². The number of nitrogens with one attached hydrogen (secondary N) is 3. The molecular weight excluding hydrogens is 389 g/mol. The molecule has 6 nitrogen and oxygen atoms in total. The molecule has 3 N–H and O–H groups in total. The van der Waals surface area contributed by atoms with Gasteiger partial charge in [-0.15, -0.1) is 0 Å². The summed E-state index contributed by atoms with van der Waals surface area (Å²) in [5.41, 5.74) is 0.780. The molecule has 0 aliphatic carbocycles. The fourth-order valence-electron chi connectivity index (χ4n) is 1.51. The van der Waals surface area contributed by atoms with Gasteiger partial charge in [-0.3, -0.25) is 0 Å². The summed E-state index contributed by atoms with van der Waals surface area (Å²) in [6.07, 6.45) is 1.74. The first-order valence-electron chi connectivity index (χ1n) is 5.86. The Morgan fingerprint density at radius 3 is 2.65 bits per heavy atom. The average molecular weight is 402 g/mol. The van der Waals surface area contributed by atoms with Crippen molar-refractivity contribution in [1.29, 1.82) is 4.78 Å². The lowest BCUT2D eigenvalue weighted by atomic mass is 10.3. The van der Waals surface area contributed by atoms with Crippen molar-refractivity contribution < 1.29 is 4.21 Å². The summed E-state index contributed by atoms with van der Waals surface area (Å²) in [7, 11) is -1.71. The summed E-state index contributed by atoms with van der Waals surface area (Å²) in [5, 5.41) is 6.23. The molecule has 8 heteroatoms. The van der Waals surface area contributed by atoms with Crippen LogP contribution < -0.4 is 10.6 Å². The predicted octanol–water partition coefficient (Wildman–Crippen LogP) is 3.34. The number of halogens is 1. The van der Waals surface area contributed by atoms with Gasteiger partial charge in [-0.05, 0) is 41.6 Å². The van der Waals surface area contributed by atoms with Crippen LogP contribution in [0.1, 0.15) is 6.92 Å². The Kier molecular flexibility index (Phi) is 5.12. The molecule has 0 saturated heterocycles. The first-order valence-corrected chi connectivity index (χ1v) is 8.09. The van der Waals surface area contributed by atoms with Crippen LogP contribution in [0.15, 0.2) is 35.4 Å². The summed E-state index contributed by atoms with van der Waals surface area (Å²) in [4.78, 5) is 9.05. The monoisotopic (exact) mass is 402 g/mol. The number of hydrogen-bond donors (Lipinski definition) is 3. The standard InChI is InChI=1S/C12H13IN5OS/c1-2-15-11-10(13)7-16-12(18-11)17-8-3-5-9(6-4-8)20(14)19/h3-7,14H,2H2,1H3,(H2,15,16,17,18)/q-1. The van der Waals surface area contributed by atoms with E-state index in [1.807, 2.05) is 6.92 Å². The van der Waals surface area contributed by atoms with E-state index in [-0.39, 0.29) is 0 Å². The molecule has 0 atom stereocenters. The van der Waals surface area contributed by atoms with E-state index in [4.69, 9.17) is 4.78 Å². The molecule has 0 bridgehead atoms.